The Bertz CT molecular complexity index is 383. The molecular formula is C14H26Cl2F3N3O2. The van der Waals surface area contributed by atoms with Crippen LogP contribution in [0.1, 0.15) is 13.3 Å². The summed E-state index contributed by atoms with van der Waals surface area (Å²) in [6.45, 7) is 4.48. The fourth-order valence-corrected chi connectivity index (χ4v) is 3.03. The lowest BCUT2D eigenvalue weighted by atomic mass is 10.1. The third kappa shape index (κ3) is 7.31. The van der Waals surface area contributed by atoms with E-state index in [1.54, 1.807) is 11.8 Å². The monoisotopic (exact) mass is 395 g/mol. The highest BCUT2D eigenvalue weighted by Crippen LogP contribution is 2.22. The van der Waals surface area contributed by atoms with E-state index >= 15 is 0 Å². The number of carbonyl (C=O) groups excluding carboxylic acids is 1. The number of ether oxygens (including phenoxy) is 1. The van der Waals surface area contributed by atoms with Crippen molar-refractivity contribution in [2.24, 2.45) is 5.92 Å². The number of hydrogen-bond donors (Lipinski definition) is 1. The SMILES string of the molecule is CCN(CC1CCN(C(=O)C2CNCCO2)C1)CC(F)(F)F.Cl.Cl. The summed E-state index contributed by atoms with van der Waals surface area (Å²) in [4.78, 5) is 15.4. The van der Waals surface area contributed by atoms with Crippen LogP contribution in [0.2, 0.25) is 0 Å². The average molecular weight is 396 g/mol. The summed E-state index contributed by atoms with van der Waals surface area (Å²) in [7, 11) is 0. The van der Waals surface area contributed by atoms with Crippen LogP contribution in [0.25, 0.3) is 0 Å². The van der Waals surface area contributed by atoms with Crippen LogP contribution in [0.5, 0.6) is 0 Å². The zero-order valence-electron chi connectivity index (χ0n) is 13.7. The van der Waals surface area contributed by atoms with Gasteiger partial charge in [0.25, 0.3) is 5.91 Å². The van der Waals surface area contributed by atoms with E-state index in [9.17, 15) is 18.0 Å². The Hall–Kier alpha value is -0.280. The quantitative estimate of drug-likeness (QED) is 0.766. The average Bonchev–Trinajstić information content (AvgIpc) is 2.93. The Morgan fingerprint density at radius 1 is 1.38 bits per heavy atom. The molecule has 2 rings (SSSR count). The van der Waals surface area contributed by atoms with Gasteiger partial charge in [-0.2, -0.15) is 13.2 Å². The molecule has 0 saturated carbocycles. The molecular weight excluding hydrogens is 370 g/mol. The molecule has 0 aliphatic carbocycles. The summed E-state index contributed by atoms with van der Waals surface area (Å²) in [6, 6.07) is 0. The van der Waals surface area contributed by atoms with Crippen LogP contribution in [-0.2, 0) is 9.53 Å². The van der Waals surface area contributed by atoms with Crippen molar-refractivity contribution in [3.63, 3.8) is 0 Å². The van der Waals surface area contributed by atoms with E-state index in [1.807, 2.05) is 0 Å². The molecule has 1 amide bonds. The van der Waals surface area contributed by atoms with E-state index in [4.69, 9.17) is 4.74 Å². The van der Waals surface area contributed by atoms with Gasteiger partial charge in [-0.3, -0.25) is 9.69 Å². The van der Waals surface area contributed by atoms with Gasteiger partial charge in [0.05, 0.1) is 13.2 Å². The van der Waals surface area contributed by atoms with E-state index in [1.165, 1.54) is 4.90 Å². The van der Waals surface area contributed by atoms with Gasteiger partial charge in [0, 0.05) is 32.7 Å². The minimum Gasteiger partial charge on any atom is -0.366 e. The van der Waals surface area contributed by atoms with Gasteiger partial charge in [-0.1, -0.05) is 6.92 Å². The van der Waals surface area contributed by atoms with Crippen LogP contribution < -0.4 is 5.32 Å². The first kappa shape index (κ1) is 23.7. The van der Waals surface area contributed by atoms with Gasteiger partial charge >= 0.3 is 6.18 Å². The maximum absolute atomic E-state index is 12.5. The summed E-state index contributed by atoms with van der Waals surface area (Å²) in [5, 5.41) is 3.11. The summed E-state index contributed by atoms with van der Waals surface area (Å²) in [5.41, 5.74) is 0. The largest absolute Gasteiger partial charge is 0.401 e. The molecule has 2 unspecified atom stereocenters. The standard InChI is InChI=1S/C14H24F3N3O2.2ClH/c1-2-19(10-14(15,16)17)8-11-3-5-20(9-11)13(21)12-7-18-4-6-22-12;;/h11-12,18H,2-10H2,1H3;2*1H. The molecule has 0 spiro atoms. The van der Waals surface area contributed by atoms with E-state index < -0.39 is 18.8 Å². The second kappa shape index (κ2) is 10.7. The molecule has 2 fully saturated rings. The molecule has 2 aliphatic rings. The number of hydrogen-bond acceptors (Lipinski definition) is 4. The van der Waals surface area contributed by atoms with Gasteiger partial charge in [-0.05, 0) is 18.9 Å². The molecule has 1 N–H and O–H groups in total. The summed E-state index contributed by atoms with van der Waals surface area (Å²) in [6.07, 6.45) is -3.88. The van der Waals surface area contributed by atoms with Crippen molar-refractivity contribution in [1.29, 1.82) is 0 Å². The molecule has 2 atom stereocenters. The second-order valence-electron chi connectivity index (χ2n) is 5.95. The van der Waals surface area contributed by atoms with Crippen LogP contribution in [0.3, 0.4) is 0 Å². The minimum atomic E-state index is -4.17. The maximum atomic E-state index is 12.5. The Morgan fingerprint density at radius 2 is 2.08 bits per heavy atom. The lowest BCUT2D eigenvalue weighted by Crippen LogP contribution is -2.49. The number of likely N-dealkylation sites (tertiary alicyclic amines) is 1. The number of carbonyl (C=O) groups is 1. The molecule has 0 radical (unpaired) electrons. The zero-order valence-corrected chi connectivity index (χ0v) is 15.3. The number of halogens is 5. The first-order valence-electron chi connectivity index (χ1n) is 7.79. The number of amides is 1. The number of morpholine rings is 1. The molecule has 5 nitrogen and oxygen atoms in total. The number of nitrogens with zero attached hydrogens (tertiary/aromatic N) is 2. The van der Waals surface area contributed by atoms with Crippen molar-refractivity contribution < 1.29 is 22.7 Å². The van der Waals surface area contributed by atoms with Crippen molar-refractivity contribution in [1.82, 2.24) is 15.1 Å². The first-order valence-corrected chi connectivity index (χ1v) is 7.79. The lowest BCUT2D eigenvalue weighted by molar-refractivity contribution is -0.148. The van der Waals surface area contributed by atoms with Crippen LogP contribution in [0.4, 0.5) is 13.2 Å². The van der Waals surface area contributed by atoms with Crippen molar-refractivity contribution in [3.05, 3.63) is 0 Å². The first-order chi connectivity index (χ1) is 10.4. The Kier molecular flexibility index (Phi) is 10.5. The molecule has 0 bridgehead atoms. The number of alkyl halides is 3. The molecule has 2 aliphatic heterocycles. The Balaban J connectivity index is 0.00000264. The number of rotatable bonds is 5. The van der Waals surface area contributed by atoms with Crippen LogP contribution >= 0.6 is 24.8 Å². The van der Waals surface area contributed by atoms with Crippen molar-refractivity contribution >= 4 is 30.7 Å². The molecule has 0 aromatic carbocycles. The molecule has 0 aromatic heterocycles. The Morgan fingerprint density at radius 3 is 2.62 bits per heavy atom. The summed E-state index contributed by atoms with van der Waals surface area (Å²) in [5.74, 6) is 0.0522. The predicted molar refractivity (Wildman–Crippen MR) is 90.0 cm³/mol. The van der Waals surface area contributed by atoms with Crippen molar-refractivity contribution in [2.45, 2.75) is 25.6 Å². The second-order valence-corrected chi connectivity index (χ2v) is 5.95. The minimum absolute atomic E-state index is 0. The van der Waals surface area contributed by atoms with Crippen molar-refractivity contribution in [3.8, 4) is 0 Å². The van der Waals surface area contributed by atoms with Gasteiger partial charge in [0.15, 0.2) is 0 Å². The fourth-order valence-electron chi connectivity index (χ4n) is 3.03. The highest BCUT2D eigenvalue weighted by Gasteiger charge is 2.35. The van der Waals surface area contributed by atoms with Gasteiger partial charge in [0.2, 0.25) is 0 Å². The lowest BCUT2D eigenvalue weighted by Gasteiger charge is -2.28. The molecule has 2 heterocycles. The van der Waals surface area contributed by atoms with Crippen molar-refractivity contribution in [2.75, 3.05) is 52.4 Å². The summed E-state index contributed by atoms with van der Waals surface area (Å²) >= 11 is 0. The molecule has 10 heteroatoms. The Labute approximate surface area is 153 Å². The highest BCUT2D eigenvalue weighted by atomic mass is 35.5. The third-order valence-corrected chi connectivity index (χ3v) is 4.17. The zero-order chi connectivity index (χ0) is 16.2. The van der Waals surface area contributed by atoms with Crippen LogP contribution in [0, 0.1) is 5.92 Å². The maximum Gasteiger partial charge on any atom is 0.401 e. The fraction of sp³-hybridized carbons (Fsp3) is 0.929. The van der Waals surface area contributed by atoms with Gasteiger partial charge in [0.1, 0.15) is 6.10 Å². The molecule has 144 valence electrons. The van der Waals surface area contributed by atoms with Gasteiger partial charge in [-0.15, -0.1) is 24.8 Å². The summed E-state index contributed by atoms with van der Waals surface area (Å²) < 4.78 is 42.9. The van der Waals surface area contributed by atoms with Crippen LogP contribution in [0.15, 0.2) is 0 Å². The van der Waals surface area contributed by atoms with Crippen LogP contribution in [-0.4, -0.2) is 80.4 Å². The van der Waals surface area contributed by atoms with Gasteiger partial charge < -0.3 is 15.0 Å². The predicted octanol–water partition coefficient (Wildman–Crippen LogP) is 1.55. The number of nitrogens with one attached hydrogen (secondary N) is 1. The smallest absolute Gasteiger partial charge is 0.366 e. The van der Waals surface area contributed by atoms with E-state index in [2.05, 4.69) is 5.32 Å². The van der Waals surface area contributed by atoms with E-state index in [0.29, 0.717) is 39.3 Å². The molecule has 0 aromatic rings. The van der Waals surface area contributed by atoms with Gasteiger partial charge in [-0.25, -0.2) is 0 Å². The third-order valence-electron chi connectivity index (χ3n) is 4.17. The topological polar surface area (TPSA) is 44.8 Å². The van der Waals surface area contributed by atoms with E-state index in [0.717, 1.165) is 13.0 Å². The molecule has 24 heavy (non-hydrogen) atoms. The van der Waals surface area contributed by atoms with E-state index in [-0.39, 0.29) is 36.6 Å². The normalized spacial score (nSPS) is 24.5. The highest BCUT2D eigenvalue weighted by molar-refractivity contribution is 5.85. The molecule has 2 saturated heterocycles.